The summed E-state index contributed by atoms with van der Waals surface area (Å²) in [5.74, 6) is -3.02. The van der Waals surface area contributed by atoms with Crippen molar-refractivity contribution in [1.82, 2.24) is 14.1 Å². The Labute approximate surface area is 153 Å². The molecule has 3 rings (SSSR count). The van der Waals surface area contributed by atoms with Crippen LogP contribution >= 0.6 is 0 Å². The molecule has 10 heteroatoms. The van der Waals surface area contributed by atoms with Gasteiger partial charge in [0.25, 0.3) is 0 Å². The maximum atomic E-state index is 13.4. The molecule has 26 heavy (non-hydrogen) atoms. The minimum atomic E-state index is -3.60. The van der Waals surface area contributed by atoms with Gasteiger partial charge in [-0.05, 0) is 12.8 Å². The molecule has 2 atom stereocenters. The van der Waals surface area contributed by atoms with Crippen LogP contribution in [0.15, 0.2) is 0 Å². The van der Waals surface area contributed by atoms with Gasteiger partial charge in [-0.3, -0.25) is 9.69 Å². The van der Waals surface area contributed by atoms with Crippen molar-refractivity contribution in [3.63, 3.8) is 0 Å². The van der Waals surface area contributed by atoms with Gasteiger partial charge in [0.15, 0.2) is 0 Å². The first-order chi connectivity index (χ1) is 12.1. The minimum Gasteiger partial charge on any atom is -0.374 e. The van der Waals surface area contributed by atoms with Gasteiger partial charge in [0.05, 0.1) is 31.1 Å². The normalized spacial score (nSPS) is 32.8. The van der Waals surface area contributed by atoms with Gasteiger partial charge in [0, 0.05) is 46.1 Å². The first-order valence-electron chi connectivity index (χ1n) is 9.02. The zero-order valence-corrected chi connectivity index (χ0v) is 16.1. The van der Waals surface area contributed by atoms with Crippen LogP contribution in [0.2, 0.25) is 0 Å². The number of ether oxygens (including phenoxy) is 1. The Morgan fingerprint density at radius 1 is 1.23 bits per heavy atom. The van der Waals surface area contributed by atoms with Gasteiger partial charge in [0.1, 0.15) is 0 Å². The number of nitrogens with zero attached hydrogens (tertiary/aromatic N) is 3. The summed E-state index contributed by atoms with van der Waals surface area (Å²) in [4.78, 5) is 15.6. The zero-order valence-electron chi connectivity index (χ0n) is 15.2. The van der Waals surface area contributed by atoms with Crippen molar-refractivity contribution in [3.8, 4) is 0 Å². The van der Waals surface area contributed by atoms with Crippen LogP contribution in [0, 0.1) is 0 Å². The predicted molar refractivity (Wildman–Crippen MR) is 91.5 cm³/mol. The Kier molecular flexibility index (Phi) is 5.58. The molecule has 2 aliphatic heterocycles. The lowest BCUT2D eigenvalue weighted by atomic mass is 9.91. The van der Waals surface area contributed by atoms with E-state index in [0.29, 0.717) is 25.9 Å². The molecular weight excluding hydrogens is 368 g/mol. The molecule has 0 spiro atoms. The Morgan fingerprint density at radius 3 is 2.50 bits per heavy atom. The maximum absolute atomic E-state index is 13.4. The molecule has 3 aliphatic rings. The average molecular weight is 395 g/mol. The molecule has 7 nitrogen and oxygen atoms in total. The van der Waals surface area contributed by atoms with Gasteiger partial charge in [-0.1, -0.05) is 0 Å². The monoisotopic (exact) mass is 395 g/mol. The lowest BCUT2D eigenvalue weighted by molar-refractivity contribution is -0.129. The van der Waals surface area contributed by atoms with E-state index in [4.69, 9.17) is 4.74 Å². The zero-order chi connectivity index (χ0) is 19.1. The molecule has 0 unspecified atom stereocenters. The fraction of sp³-hybridized carbons (Fsp3) is 0.938. The molecule has 2 saturated heterocycles. The molecule has 3 fully saturated rings. The third kappa shape index (κ3) is 4.18. The number of likely N-dealkylation sites (tertiary alicyclic amines) is 1. The Bertz CT molecular complexity index is 633. The average Bonchev–Trinajstić information content (AvgIpc) is 2.90. The second-order valence-electron chi connectivity index (χ2n) is 7.67. The number of rotatable bonds is 3. The second-order valence-corrected chi connectivity index (χ2v) is 9.71. The molecule has 0 aromatic rings. The lowest BCUT2D eigenvalue weighted by Gasteiger charge is -2.35. The highest BCUT2D eigenvalue weighted by Gasteiger charge is 2.48. The van der Waals surface area contributed by atoms with E-state index in [0.717, 1.165) is 0 Å². The highest BCUT2D eigenvalue weighted by molar-refractivity contribution is 7.89. The quantitative estimate of drug-likeness (QED) is 0.691. The molecule has 0 aromatic heterocycles. The van der Waals surface area contributed by atoms with E-state index >= 15 is 0 Å². The van der Waals surface area contributed by atoms with E-state index in [9.17, 15) is 22.0 Å². The number of hydrogen-bond acceptors (Lipinski definition) is 5. The number of carbonyl (C=O) groups excluding carboxylic acids is 1. The Hall–Kier alpha value is -0.840. The molecule has 0 N–H and O–H groups in total. The van der Waals surface area contributed by atoms with Crippen LogP contribution in [0.1, 0.15) is 25.7 Å². The summed E-state index contributed by atoms with van der Waals surface area (Å²) >= 11 is 0. The summed E-state index contributed by atoms with van der Waals surface area (Å²) < 4.78 is 59.1. The molecule has 1 saturated carbocycles. The van der Waals surface area contributed by atoms with Gasteiger partial charge >= 0.3 is 0 Å². The maximum Gasteiger partial charge on any atom is 0.248 e. The van der Waals surface area contributed by atoms with Gasteiger partial charge in [-0.2, -0.15) is 4.31 Å². The first-order valence-corrected chi connectivity index (χ1v) is 10.6. The van der Waals surface area contributed by atoms with Crippen LogP contribution in [0.25, 0.3) is 0 Å². The third-order valence-corrected chi connectivity index (χ3v) is 7.46. The smallest absolute Gasteiger partial charge is 0.248 e. The van der Waals surface area contributed by atoms with E-state index in [1.165, 1.54) is 9.21 Å². The van der Waals surface area contributed by atoms with E-state index in [1.54, 1.807) is 14.1 Å². The number of alkyl halides is 2. The van der Waals surface area contributed by atoms with Crippen LogP contribution in [-0.2, 0) is 19.6 Å². The van der Waals surface area contributed by atoms with Crippen LogP contribution in [0.4, 0.5) is 8.78 Å². The number of likely N-dealkylation sites (N-methyl/N-ethyl adjacent to an activating group) is 1. The summed E-state index contributed by atoms with van der Waals surface area (Å²) in [6.07, 6.45) is 0.201. The number of amides is 1. The van der Waals surface area contributed by atoms with Crippen molar-refractivity contribution in [2.24, 2.45) is 0 Å². The lowest BCUT2D eigenvalue weighted by Crippen LogP contribution is -2.50. The number of sulfonamides is 1. The van der Waals surface area contributed by atoms with Gasteiger partial charge in [0.2, 0.25) is 21.9 Å². The summed E-state index contributed by atoms with van der Waals surface area (Å²) in [5, 5.41) is 0. The fourth-order valence-electron chi connectivity index (χ4n) is 4.03. The number of halogens is 2. The molecule has 0 aromatic carbocycles. The van der Waals surface area contributed by atoms with E-state index < -0.39 is 22.0 Å². The molecular formula is C16H27F2N3O4S. The highest BCUT2D eigenvalue weighted by atomic mass is 32.2. The van der Waals surface area contributed by atoms with E-state index in [1.807, 2.05) is 0 Å². The van der Waals surface area contributed by atoms with Crippen molar-refractivity contribution >= 4 is 15.9 Å². The summed E-state index contributed by atoms with van der Waals surface area (Å²) in [5.41, 5.74) is 0. The van der Waals surface area contributed by atoms with E-state index in [2.05, 4.69) is 4.90 Å². The largest absolute Gasteiger partial charge is 0.374 e. The summed E-state index contributed by atoms with van der Waals surface area (Å²) in [6.45, 7) is 0.813. The number of carbonyl (C=O) groups is 1. The third-order valence-electron chi connectivity index (χ3n) is 5.66. The van der Waals surface area contributed by atoms with Crippen LogP contribution in [-0.4, -0.2) is 98.6 Å². The van der Waals surface area contributed by atoms with Crippen molar-refractivity contribution < 1.29 is 26.7 Å². The van der Waals surface area contributed by atoms with Gasteiger partial charge in [-0.25, -0.2) is 17.2 Å². The van der Waals surface area contributed by atoms with Crippen LogP contribution in [0.5, 0.6) is 0 Å². The van der Waals surface area contributed by atoms with Crippen LogP contribution < -0.4 is 0 Å². The Balaban J connectivity index is 1.74. The first kappa shape index (κ1) is 19.9. The van der Waals surface area contributed by atoms with Crippen molar-refractivity contribution in [2.75, 3.05) is 46.1 Å². The topological polar surface area (TPSA) is 70.2 Å². The van der Waals surface area contributed by atoms with Gasteiger partial charge < -0.3 is 9.64 Å². The molecule has 1 aliphatic carbocycles. The fourth-order valence-corrected chi connectivity index (χ4v) is 5.50. The van der Waals surface area contributed by atoms with Gasteiger partial charge in [-0.15, -0.1) is 0 Å². The standard InChI is InChI=1S/C16H27F2N3O4S/c1-19(2)15(22)11-21-13-9-20(12-3-5-16(17,18)6-4-12)10-14(13)25-7-8-26(21,23)24/h12-14H,3-11H2,1-2H3/t13-,14+/m1/s1. The van der Waals surface area contributed by atoms with Crippen molar-refractivity contribution in [2.45, 2.75) is 49.8 Å². The molecule has 2 heterocycles. The summed E-state index contributed by atoms with van der Waals surface area (Å²) in [6, 6.07) is -0.437. The highest BCUT2D eigenvalue weighted by Crippen LogP contribution is 2.37. The van der Waals surface area contributed by atoms with Crippen molar-refractivity contribution in [3.05, 3.63) is 0 Å². The molecule has 150 valence electrons. The van der Waals surface area contributed by atoms with E-state index in [-0.39, 0.29) is 49.8 Å². The number of fused-ring (bicyclic) bond motifs is 1. The predicted octanol–water partition coefficient (Wildman–Crippen LogP) is 0.367. The molecule has 0 bridgehead atoms. The van der Waals surface area contributed by atoms with Crippen LogP contribution in [0.3, 0.4) is 0 Å². The van der Waals surface area contributed by atoms with Crippen molar-refractivity contribution in [1.29, 1.82) is 0 Å². The number of hydrogen-bond donors (Lipinski definition) is 0. The molecule has 0 radical (unpaired) electrons. The second kappa shape index (κ2) is 7.29. The molecule has 1 amide bonds. The summed E-state index contributed by atoms with van der Waals surface area (Å²) in [7, 11) is -0.427. The Morgan fingerprint density at radius 2 is 1.88 bits per heavy atom. The minimum absolute atomic E-state index is 0.0132. The SMILES string of the molecule is CN(C)C(=O)CN1[C@@H]2CN(C3CCC(F)(F)CC3)C[C@@H]2OCCS1(=O)=O.